The van der Waals surface area contributed by atoms with E-state index in [0.29, 0.717) is 0 Å². The third-order valence-corrected chi connectivity index (χ3v) is 2.74. The van der Waals surface area contributed by atoms with Gasteiger partial charge in [-0.3, -0.25) is 0 Å². The molecule has 17 heavy (non-hydrogen) atoms. The number of methoxy groups -OCH3 is 1. The Labute approximate surface area is 102 Å². The van der Waals surface area contributed by atoms with Crippen molar-refractivity contribution in [1.82, 2.24) is 9.97 Å². The van der Waals surface area contributed by atoms with Gasteiger partial charge in [0, 0.05) is 11.8 Å². The molecule has 0 aliphatic heterocycles. The lowest BCUT2D eigenvalue weighted by Crippen LogP contribution is -1.94. The zero-order valence-corrected chi connectivity index (χ0v) is 10.6. The van der Waals surface area contributed by atoms with Crippen LogP contribution in [-0.4, -0.2) is 17.1 Å². The van der Waals surface area contributed by atoms with Crippen molar-refractivity contribution < 1.29 is 4.74 Å². The maximum absolute atomic E-state index is 5.36. The molecule has 0 aliphatic rings. The van der Waals surface area contributed by atoms with E-state index in [1.807, 2.05) is 26.8 Å². The molecule has 88 valence electrons. The molecule has 0 bridgehead atoms. The van der Waals surface area contributed by atoms with Gasteiger partial charge in [0.1, 0.15) is 11.6 Å². The second-order valence-electron chi connectivity index (χ2n) is 4.13. The Morgan fingerprint density at radius 1 is 1.06 bits per heavy atom. The van der Waals surface area contributed by atoms with Crippen LogP contribution in [-0.2, 0) is 0 Å². The molecular formula is C14H16N2O. The Morgan fingerprint density at radius 3 is 2.24 bits per heavy atom. The molecule has 1 aromatic carbocycles. The average molecular weight is 228 g/mol. The molecule has 2 aromatic rings. The van der Waals surface area contributed by atoms with Crippen molar-refractivity contribution in [2.24, 2.45) is 0 Å². The fourth-order valence-electron chi connectivity index (χ4n) is 2.04. The van der Waals surface area contributed by atoms with Gasteiger partial charge in [0.15, 0.2) is 0 Å². The predicted octanol–water partition coefficient (Wildman–Crippen LogP) is 3.08. The highest BCUT2D eigenvalue weighted by molar-refractivity contribution is 5.63. The highest BCUT2D eigenvalue weighted by Gasteiger charge is 2.07. The summed E-state index contributed by atoms with van der Waals surface area (Å²) in [5, 5.41) is 0. The molecule has 3 heteroatoms. The summed E-state index contributed by atoms with van der Waals surface area (Å²) in [7, 11) is 1.70. The van der Waals surface area contributed by atoms with Crippen LogP contribution in [0.5, 0.6) is 5.75 Å². The van der Waals surface area contributed by atoms with Gasteiger partial charge in [0.2, 0.25) is 0 Å². The zero-order chi connectivity index (χ0) is 12.4. The smallest absolute Gasteiger partial charge is 0.125 e. The van der Waals surface area contributed by atoms with Gasteiger partial charge in [-0.05, 0) is 50.1 Å². The fraction of sp³-hybridized carbons (Fsp3) is 0.286. The Kier molecular flexibility index (Phi) is 3.09. The Balaban J connectivity index is 2.54. The van der Waals surface area contributed by atoms with Crippen molar-refractivity contribution in [2.75, 3.05) is 7.11 Å². The third kappa shape index (κ3) is 2.28. The van der Waals surface area contributed by atoms with Gasteiger partial charge < -0.3 is 4.74 Å². The van der Waals surface area contributed by atoms with Crippen molar-refractivity contribution >= 4 is 0 Å². The standard InChI is InChI=1S/C14H16N2O/c1-9-7-12(8-10(2)14(9)17-4)13-5-6-15-11(3)16-13/h5-8H,1-4H3. The molecule has 0 atom stereocenters. The van der Waals surface area contributed by atoms with E-state index in [-0.39, 0.29) is 0 Å². The molecule has 0 saturated carbocycles. The van der Waals surface area contributed by atoms with Crippen LogP contribution in [0.3, 0.4) is 0 Å². The van der Waals surface area contributed by atoms with Crippen LogP contribution in [0.4, 0.5) is 0 Å². The highest BCUT2D eigenvalue weighted by Crippen LogP contribution is 2.28. The Hall–Kier alpha value is -1.90. The molecule has 1 aromatic heterocycles. The number of aromatic nitrogens is 2. The summed E-state index contributed by atoms with van der Waals surface area (Å²) in [5.41, 5.74) is 4.30. The number of benzene rings is 1. The van der Waals surface area contributed by atoms with Crippen molar-refractivity contribution in [3.05, 3.63) is 41.3 Å². The largest absolute Gasteiger partial charge is 0.496 e. The van der Waals surface area contributed by atoms with Crippen molar-refractivity contribution in [3.8, 4) is 17.0 Å². The summed E-state index contributed by atoms with van der Waals surface area (Å²) in [6.07, 6.45) is 1.78. The predicted molar refractivity (Wildman–Crippen MR) is 68.2 cm³/mol. The van der Waals surface area contributed by atoms with Gasteiger partial charge in [-0.1, -0.05) is 0 Å². The first-order valence-electron chi connectivity index (χ1n) is 5.57. The monoisotopic (exact) mass is 228 g/mol. The summed E-state index contributed by atoms with van der Waals surface area (Å²) in [5.74, 6) is 1.73. The van der Waals surface area contributed by atoms with E-state index in [0.717, 1.165) is 34.0 Å². The first-order chi connectivity index (χ1) is 8.11. The third-order valence-electron chi connectivity index (χ3n) is 2.74. The quantitative estimate of drug-likeness (QED) is 0.792. The van der Waals surface area contributed by atoms with Crippen LogP contribution in [0, 0.1) is 20.8 Å². The van der Waals surface area contributed by atoms with E-state index in [9.17, 15) is 0 Å². The van der Waals surface area contributed by atoms with Crippen LogP contribution < -0.4 is 4.74 Å². The minimum atomic E-state index is 0.786. The molecule has 0 unspecified atom stereocenters. The van der Waals surface area contributed by atoms with E-state index in [2.05, 4.69) is 22.1 Å². The lowest BCUT2D eigenvalue weighted by Gasteiger charge is -2.11. The lowest BCUT2D eigenvalue weighted by molar-refractivity contribution is 0.408. The van der Waals surface area contributed by atoms with Gasteiger partial charge in [0.25, 0.3) is 0 Å². The minimum absolute atomic E-state index is 0.786. The van der Waals surface area contributed by atoms with Gasteiger partial charge in [-0.2, -0.15) is 0 Å². The normalized spacial score (nSPS) is 10.4. The molecule has 0 radical (unpaired) electrons. The molecule has 0 N–H and O–H groups in total. The van der Waals surface area contributed by atoms with Crippen LogP contribution in [0.25, 0.3) is 11.3 Å². The molecule has 0 saturated heterocycles. The van der Waals surface area contributed by atoms with Gasteiger partial charge >= 0.3 is 0 Å². The molecule has 0 spiro atoms. The summed E-state index contributed by atoms with van der Waals surface area (Å²) >= 11 is 0. The maximum Gasteiger partial charge on any atom is 0.125 e. The molecule has 0 aliphatic carbocycles. The van der Waals surface area contributed by atoms with Crippen LogP contribution >= 0.6 is 0 Å². The van der Waals surface area contributed by atoms with Crippen molar-refractivity contribution in [2.45, 2.75) is 20.8 Å². The number of ether oxygens (including phenoxy) is 1. The fourth-order valence-corrected chi connectivity index (χ4v) is 2.04. The lowest BCUT2D eigenvalue weighted by atomic mass is 10.0. The number of hydrogen-bond acceptors (Lipinski definition) is 3. The second kappa shape index (κ2) is 4.53. The van der Waals surface area contributed by atoms with Crippen LogP contribution in [0.2, 0.25) is 0 Å². The topological polar surface area (TPSA) is 35.0 Å². The van der Waals surface area contributed by atoms with Crippen LogP contribution in [0.15, 0.2) is 24.4 Å². The average Bonchev–Trinajstić information content (AvgIpc) is 2.28. The van der Waals surface area contributed by atoms with E-state index < -0.39 is 0 Å². The summed E-state index contributed by atoms with van der Waals surface area (Å²) in [6, 6.07) is 6.11. The van der Waals surface area contributed by atoms with Gasteiger partial charge in [-0.15, -0.1) is 0 Å². The highest BCUT2D eigenvalue weighted by atomic mass is 16.5. The van der Waals surface area contributed by atoms with Gasteiger partial charge in [-0.25, -0.2) is 9.97 Å². The Bertz CT molecular complexity index is 527. The zero-order valence-electron chi connectivity index (χ0n) is 10.6. The van der Waals surface area contributed by atoms with E-state index in [1.165, 1.54) is 0 Å². The summed E-state index contributed by atoms with van der Waals surface area (Å²) < 4.78 is 5.36. The molecule has 2 rings (SSSR count). The van der Waals surface area contributed by atoms with Gasteiger partial charge in [0.05, 0.1) is 12.8 Å². The number of nitrogens with zero attached hydrogens (tertiary/aromatic N) is 2. The molecule has 3 nitrogen and oxygen atoms in total. The Morgan fingerprint density at radius 2 is 1.71 bits per heavy atom. The van der Waals surface area contributed by atoms with Crippen molar-refractivity contribution in [3.63, 3.8) is 0 Å². The molecule has 0 amide bonds. The molecule has 1 heterocycles. The second-order valence-corrected chi connectivity index (χ2v) is 4.13. The molecular weight excluding hydrogens is 212 g/mol. The van der Waals surface area contributed by atoms with E-state index in [1.54, 1.807) is 13.3 Å². The van der Waals surface area contributed by atoms with Crippen molar-refractivity contribution in [1.29, 1.82) is 0 Å². The first-order valence-corrected chi connectivity index (χ1v) is 5.57. The number of aryl methyl sites for hydroxylation is 3. The summed E-state index contributed by atoms with van der Waals surface area (Å²) in [6.45, 7) is 5.99. The maximum atomic E-state index is 5.36. The van der Waals surface area contributed by atoms with E-state index in [4.69, 9.17) is 4.74 Å². The SMILES string of the molecule is COc1c(C)cc(-c2ccnc(C)n2)cc1C. The number of hydrogen-bond donors (Lipinski definition) is 0. The van der Waals surface area contributed by atoms with E-state index >= 15 is 0 Å². The first kappa shape index (κ1) is 11.6. The summed E-state index contributed by atoms with van der Waals surface area (Å²) in [4.78, 5) is 8.54. The van der Waals surface area contributed by atoms with Crippen LogP contribution in [0.1, 0.15) is 17.0 Å². The number of rotatable bonds is 2. The minimum Gasteiger partial charge on any atom is -0.496 e. The molecule has 0 fully saturated rings.